The number of nitrogens with zero attached hydrogens (tertiary/aromatic N) is 1. The predicted molar refractivity (Wildman–Crippen MR) is 103 cm³/mol. The summed E-state index contributed by atoms with van der Waals surface area (Å²) >= 11 is 0. The molecule has 0 aliphatic heterocycles. The predicted octanol–water partition coefficient (Wildman–Crippen LogP) is 3.59. The van der Waals surface area contributed by atoms with Gasteiger partial charge in [-0.1, -0.05) is 38.8 Å². The van der Waals surface area contributed by atoms with Crippen LogP contribution in [0.3, 0.4) is 0 Å². The molecule has 1 rings (SSSR count). The molecule has 0 radical (unpaired) electrons. The fourth-order valence-electron chi connectivity index (χ4n) is 2.84. The highest BCUT2D eigenvalue weighted by atomic mass is 16.5. The van der Waals surface area contributed by atoms with Gasteiger partial charge in [0.25, 0.3) is 0 Å². The van der Waals surface area contributed by atoms with Crippen molar-refractivity contribution in [2.45, 2.75) is 65.4 Å². The van der Waals surface area contributed by atoms with Crippen LogP contribution in [0.1, 0.15) is 68.8 Å². The zero-order valence-electron chi connectivity index (χ0n) is 16.4. The second kappa shape index (κ2) is 12.5. The summed E-state index contributed by atoms with van der Waals surface area (Å²) in [5.41, 5.74) is 1.73. The van der Waals surface area contributed by atoms with Gasteiger partial charge in [0.15, 0.2) is 0 Å². The first-order valence-electron chi connectivity index (χ1n) is 9.74. The number of carbonyl (C=O) groups excluding carboxylic acids is 2. The van der Waals surface area contributed by atoms with Crippen molar-refractivity contribution in [3.8, 4) is 0 Å². The van der Waals surface area contributed by atoms with Gasteiger partial charge in [-0.3, -0.25) is 4.79 Å². The van der Waals surface area contributed by atoms with E-state index < -0.39 is 6.10 Å². The van der Waals surface area contributed by atoms with Crippen molar-refractivity contribution in [3.63, 3.8) is 0 Å². The summed E-state index contributed by atoms with van der Waals surface area (Å²) in [5.74, 6) is -0.480. The molecular weight excluding hydrogens is 330 g/mol. The summed E-state index contributed by atoms with van der Waals surface area (Å²) in [6.07, 6.45) is 4.47. The van der Waals surface area contributed by atoms with Gasteiger partial charge >= 0.3 is 5.97 Å². The molecule has 26 heavy (non-hydrogen) atoms. The Morgan fingerprint density at radius 3 is 2.35 bits per heavy atom. The number of hydrogen-bond donors (Lipinski definition) is 1. The number of benzene rings is 1. The fourth-order valence-corrected chi connectivity index (χ4v) is 2.84. The molecule has 0 spiro atoms. The molecule has 0 heterocycles. The lowest BCUT2D eigenvalue weighted by atomic mass is 10.1. The second-order valence-corrected chi connectivity index (χ2v) is 6.52. The van der Waals surface area contributed by atoms with Crippen LogP contribution in [0.2, 0.25) is 0 Å². The molecule has 0 saturated heterocycles. The zero-order chi connectivity index (χ0) is 19.4. The smallest absolute Gasteiger partial charge is 0.338 e. The second-order valence-electron chi connectivity index (χ2n) is 6.52. The SMILES string of the molecule is CCCCc1ccc(C(=O)OC(CCC)CC(=O)N(CC)CCO)cc1. The number of ether oxygens (including phenoxy) is 1. The third-order valence-corrected chi connectivity index (χ3v) is 4.40. The monoisotopic (exact) mass is 363 g/mol. The van der Waals surface area contributed by atoms with Crippen LogP contribution in [0.15, 0.2) is 24.3 Å². The molecular formula is C21H33NO4. The van der Waals surface area contributed by atoms with Gasteiger partial charge in [-0.2, -0.15) is 0 Å². The summed E-state index contributed by atoms with van der Waals surface area (Å²) in [6, 6.07) is 7.52. The van der Waals surface area contributed by atoms with Crippen molar-refractivity contribution >= 4 is 11.9 Å². The lowest BCUT2D eigenvalue weighted by Gasteiger charge is -2.23. The number of esters is 1. The Morgan fingerprint density at radius 1 is 1.12 bits per heavy atom. The van der Waals surface area contributed by atoms with Gasteiger partial charge in [-0.25, -0.2) is 4.79 Å². The Hall–Kier alpha value is -1.88. The van der Waals surface area contributed by atoms with Crippen LogP contribution in [0.25, 0.3) is 0 Å². The van der Waals surface area contributed by atoms with Gasteiger partial charge in [0.05, 0.1) is 18.6 Å². The first-order chi connectivity index (χ1) is 12.5. The highest BCUT2D eigenvalue weighted by molar-refractivity contribution is 5.89. The van der Waals surface area contributed by atoms with Crippen molar-refractivity contribution in [1.29, 1.82) is 0 Å². The van der Waals surface area contributed by atoms with Crippen LogP contribution in [-0.4, -0.2) is 47.7 Å². The van der Waals surface area contributed by atoms with E-state index in [1.54, 1.807) is 17.0 Å². The van der Waals surface area contributed by atoms with Crippen molar-refractivity contribution in [3.05, 3.63) is 35.4 Å². The number of aliphatic hydroxyl groups excluding tert-OH is 1. The minimum absolute atomic E-state index is 0.0673. The van der Waals surface area contributed by atoms with Crippen molar-refractivity contribution in [1.82, 2.24) is 4.90 Å². The van der Waals surface area contributed by atoms with E-state index in [0.717, 1.165) is 25.7 Å². The van der Waals surface area contributed by atoms with E-state index in [1.807, 2.05) is 26.0 Å². The Balaban J connectivity index is 2.67. The number of carbonyl (C=O) groups is 2. The molecule has 5 heteroatoms. The number of hydrogen-bond acceptors (Lipinski definition) is 4. The minimum Gasteiger partial charge on any atom is -0.458 e. The largest absolute Gasteiger partial charge is 0.458 e. The molecule has 0 aliphatic rings. The molecule has 146 valence electrons. The van der Waals surface area contributed by atoms with Gasteiger partial charge in [0.2, 0.25) is 5.91 Å². The molecule has 1 N–H and O–H groups in total. The molecule has 0 aromatic heterocycles. The van der Waals surface area contributed by atoms with Crippen molar-refractivity contribution in [2.24, 2.45) is 0 Å². The van der Waals surface area contributed by atoms with Crippen LogP contribution >= 0.6 is 0 Å². The summed E-state index contributed by atoms with van der Waals surface area (Å²) in [7, 11) is 0. The van der Waals surface area contributed by atoms with Crippen LogP contribution in [0.5, 0.6) is 0 Å². The topological polar surface area (TPSA) is 66.8 Å². The normalized spacial score (nSPS) is 11.8. The van der Waals surface area contributed by atoms with E-state index in [0.29, 0.717) is 25.1 Å². The van der Waals surface area contributed by atoms with Gasteiger partial charge in [-0.15, -0.1) is 0 Å². The molecule has 1 aromatic carbocycles. The molecule has 1 unspecified atom stereocenters. The van der Waals surface area contributed by atoms with E-state index in [9.17, 15) is 9.59 Å². The summed E-state index contributed by atoms with van der Waals surface area (Å²) in [6.45, 7) is 6.80. The third-order valence-electron chi connectivity index (χ3n) is 4.40. The summed E-state index contributed by atoms with van der Waals surface area (Å²) < 4.78 is 5.59. The van der Waals surface area contributed by atoms with Gasteiger partial charge in [0.1, 0.15) is 6.10 Å². The van der Waals surface area contributed by atoms with Crippen LogP contribution in [0, 0.1) is 0 Å². The number of amides is 1. The maximum atomic E-state index is 12.4. The third kappa shape index (κ3) is 7.56. The minimum atomic E-state index is -0.437. The van der Waals surface area contributed by atoms with E-state index in [-0.39, 0.29) is 24.9 Å². The fraction of sp³-hybridized carbons (Fsp3) is 0.619. The lowest BCUT2D eigenvalue weighted by Crippen LogP contribution is -2.36. The van der Waals surface area contributed by atoms with Crippen LogP contribution in [-0.2, 0) is 16.0 Å². The Morgan fingerprint density at radius 2 is 1.81 bits per heavy atom. The number of aliphatic hydroxyl groups is 1. The molecule has 1 aromatic rings. The first kappa shape index (κ1) is 22.2. The average Bonchev–Trinajstić information content (AvgIpc) is 2.64. The van der Waals surface area contributed by atoms with Gasteiger partial charge < -0.3 is 14.7 Å². The number of unbranched alkanes of at least 4 members (excludes halogenated alkanes) is 1. The maximum Gasteiger partial charge on any atom is 0.338 e. The molecule has 1 amide bonds. The zero-order valence-corrected chi connectivity index (χ0v) is 16.4. The number of rotatable bonds is 12. The van der Waals surface area contributed by atoms with E-state index in [2.05, 4.69) is 6.92 Å². The summed E-state index contributed by atoms with van der Waals surface area (Å²) in [4.78, 5) is 26.3. The van der Waals surface area contributed by atoms with E-state index in [1.165, 1.54) is 5.56 Å². The molecule has 5 nitrogen and oxygen atoms in total. The van der Waals surface area contributed by atoms with E-state index >= 15 is 0 Å². The molecule has 1 atom stereocenters. The summed E-state index contributed by atoms with van der Waals surface area (Å²) in [5, 5.41) is 9.05. The molecule has 0 bridgehead atoms. The van der Waals surface area contributed by atoms with Crippen molar-refractivity contribution < 1.29 is 19.4 Å². The van der Waals surface area contributed by atoms with E-state index in [4.69, 9.17) is 9.84 Å². The standard InChI is InChI=1S/C21H33NO4/c1-4-7-9-17-10-12-18(13-11-17)21(25)26-19(8-5-2)16-20(24)22(6-3)14-15-23/h10-13,19,23H,4-9,14-16H2,1-3H3. The first-order valence-corrected chi connectivity index (χ1v) is 9.74. The molecule has 0 fully saturated rings. The van der Waals surface area contributed by atoms with Gasteiger partial charge in [0, 0.05) is 13.1 Å². The highest BCUT2D eigenvalue weighted by Gasteiger charge is 2.21. The Kier molecular flexibility index (Phi) is 10.6. The Labute approximate surface area is 157 Å². The number of likely N-dealkylation sites (N-methyl/N-ethyl adjacent to an activating group) is 1. The highest BCUT2D eigenvalue weighted by Crippen LogP contribution is 2.14. The number of aryl methyl sites for hydroxylation is 1. The van der Waals surface area contributed by atoms with Crippen LogP contribution < -0.4 is 0 Å². The average molecular weight is 363 g/mol. The van der Waals surface area contributed by atoms with Crippen LogP contribution in [0.4, 0.5) is 0 Å². The molecule has 0 aliphatic carbocycles. The van der Waals surface area contributed by atoms with Crippen molar-refractivity contribution in [2.75, 3.05) is 19.7 Å². The molecule has 0 saturated carbocycles. The maximum absolute atomic E-state index is 12.4. The lowest BCUT2D eigenvalue weighted by molar-refractivity contribution is -0.133. The van der Waals surface area contributed by atoms with Gasteiger partial charge in [-0.05, 0) is 43.9 Å². The Bertz CT molecular complexity index is 541. The quantitative estimate of drug-likeness (QED) is 0.576.